The maximum atomic E-state index is 6.04. The highest BCUT2D eigenvalue weighted by atomic mass is 16.7. The average molecular weight is 274 g/mol. The normalized spacial score (nSPS) is 23.9. The molecule has 1 saturated carbocycles. The second-order valence-electron chi connectivity index (χ2n) is 6.91. The summed E-state index contributed by atoms with van der Waals surface area (Å²) in [5.74, 6) is 1.70. The van der Waals surface area contributed by atoms with Gasteiger partial charge in [-0.1, -0.05) is 12.1 Å². The lowest BCUT2D eigenvalue weighted by atomic mass is 9.79. The Kier molecular flexibility index (Phi) is 3.34. The van der Waals surface area contributed by atoms with Gasteiger partial charge >= 0.3 is 7.12 Å². The number of ether oxygens (including phenoxy) is 1. The maximum Gasteiger partial charge on any atom is 0.494 e. The van der Waals surface area contributed by atoms with Crippen LogP contribution in [0.5, 0.6) is 5.75 Å². The molecule has 0 radical (unpaired) electrons. The van der Waals surface area contributed by atoms with Gasteiger partial charge in [-0.05, 0) is 64.1 Å². The van der Waals surface area contributed by atoms with Crippen molar-refractivity contribution in [2.45, 2.75) is 51.7 Å². The number of hydrogen-bond acceptors (Lipinski definition) is 3. The monoisotopic (exact) mass is 274 g/mol. The summed E-state index contributed by atoms with van der Waals surface area (Å²) in [7, 11) is -0.294. The van der Waals surface area contributed by atoms with E-state index in [2.05, 4.69) is 27.7 Å². The van der Waals surface area contributed by atoms with E-state index in [9.17, 15) is 0 Å². The molecule has 2 aliphatic rings. The van der Waals surface area contributed by atoms with Crippen molar-refractivity contribution in [2.75, 3.05) is 6.61 Å². The summed E-state index contributed by atoms with van der Waals surface area (Å²) in [6.45, 7) is 9.12. The van der Waals surface area contributed by atoms with Crippen LogP contribution < -0.4 is 10.2 Å². The van der Waals surface area contributed by atoms with Crippen LogP contribution in [0.1, 0.15) is 40.5 Å². The molecule has 0 N–H and O–H groups in total. The first-order chi connectivity index (χ1) is 9.37. The van der Waals surface area contributed by atoms with Gasteiger partial charge in [0.05, 0.1) is 17.8 Å². The van der Waals surface area contributed by atoms with Gasteiger partial charge in [0.15, 0.2) is 0 Å². The molecule has 3 rings (SSSR count). The molecule has 20 heavy (non-hydrogen) atoms. The van der Waals surface area contributed by atoms with Gasteiger partial charge in [0.25, 0.3) is 0 Å². The zero-order valence-corrected chi connectivity index (χ0v) is 12.8. The van der Waals surface area contributed by atoms with Gasteiger partial charge in [0.1, 0.15) is 5.75 Å². The molecule has 1 aromatic carbocycles. The molecule has 1 aromatic rings. The standard InChI is InChI=1S/C16H23BO3/c1-15(2)16(3,4)20-17(19-15)13-7-9-14(10-8-13)18-11-12-5-6-12/h7-10,12H,5-6,11H2,1-4H3. The molecule has 1 aliphatic heterocycles. The van der Waals surface area contributed by atoms with Crippen LogP contribution in [0, 0.1) is 5.92 Å². The van der Waals surface area contributed by atoms with Gasteiger partial charge in [-0.25, -0.2) is 0 Å². The van der Waals surface area contributed by atoms with Crippen LogP contribution in [-0.4, -0.2) is 24.9 Å². The van der Waals surface area contributed by atoms with Crippen molar-refractivity contribution < 1.29 is 14.0 Å². The fourth-order valence-corrected chi connectivity index (χ4v) is 2.20. The lowest BCUT2D eigenvalue weighted by Crippen LogP contribution is -2.41. The molecule has 2 fully saturated rings. The van der Waals surface area contributed by atoms with Crippen molar-refractivity contribution in [1.82, 2.24) is 0 Å². The summed E-state index contributed by atoms with van der Waals surface area (Å²) >= 11 is 0. The van der Waals surface area contributed by atoms with Gasteiger partial charge in [0, 0.05) is 0 Å². The van der Waals surface area contributed by atoms with Gasteiger partial charge in [0.2, 0.25) is 0 Å². The topological polar surface area (TPSA) is 27.7 Å². The third-order valence-electron chi connectivity index (χ3n) is 4.59. The molecule has 0 atom stereocenters. The van der Waals surface area contributed by atoms with Gasteiger partial charge in [-0.2, -0.15) is 0 Å². The lowest BCUT2D eigenvalue weighted by molar-refractivity contribution is 0.00578. The van der Waals surface area contributed by atoms with E-state index in [-0.39, 0.29) is 18.3 Å². The minimum atomic E-state index is -0.294. The first-order valence-corrected chi connectivity index (χ1v) is 7.46. The Morgan fingerprint density at radius 2 is 1.60 bits per heavy atom. The Morgan fingerprint density at radius 3 is 2.10 bits per heavy atom. The van der Waals surface area contributed by atoms with E-state index >= 15 is 0 Å². The molecule has 3 nitrogen and oxygen atoms in total. The molecule has 0 bridgehead atoms. The van der Waals surface area contributed by atoms with Crippen LogP contribution in [0.25, 0.3) is 0 Å². The van der Waals surface area contributed by atoms with E-state index in [1.165, 1.54) is 12.8 Å². The van der Waals surface area contributed by atoms with E-state index < -0.39 is 0 Å². The van der Waals surface area contributed by atoms with E-state index in [4.69, 9.17) is 14.0 Å². The van der Waals surface area contributed by atoms with Crippen molar-refractivity contribution >= 4 is 12.6 Å². The minimum absolute atomic E-state index is 0.293. The van der Waals surface area contributed by atoms with Crippen molar-refractivity contribution in [1.29, 1.82) is 0 Å². The average Bonchev–Trinajstić information content (AvgIpc) is 3.16. The fourth-order valence-electron chi connectivity index (χ4n) is 2.20. The summed E-state index contributed by atoms with van der Waals surface area (Å²) < 4.78 is 17.8. The number of hydrogen-bond donors (Lipinski definition) is 0. The van der Waals surface area contributed by atoms with Crippen LogP contribution in [0.2, 0.25) is 0 Å². The van der Waals surface area contributed by atoms with Crippen LogP contribution in [-0.2, 0) is 9.31 Å². The Bertz CT molecular complexity index is 461. The van der Waals surface area contributed by atoms with Crippen molar-refractivity contribution in [2.24, 2.45) is 5.92 Å². The minimum Gasteiger partial charge on any atom is -0.493 e. The molecule has 0 unspecified atom stereocenters. The molecular formula is C16H23BO3. The molecule has 1 heterocycles. The highest BCUT2D eigenvalue weighted by Gasteiger charge is 2.51. The first-order valence-electron chi connectivity index (χ1n) is 7.46. The third-order valence-corrected chi connectivity index (χ3v) is 4.59. The summed E-state index contributed by atoms with van der Waals surface area (Å²) in [5, 5.41) is 0. The predicted molar refractivity (Wildman–Crippen MR) is 80.4 cm³/mol. The van der Waals surface area contributed by atoms with Crippen molar-refractivity contribution in [3.63, 3.8) is 0 Å². The fraction of sp³-hybridized carbons (Fsp3) is 0.625. The first kappa shape index (κ1) is 14.0. The zero-order valence-electron chi connectivity index (χ0n) is 12.8. The summed E-state index contributed by atoms with van der Waals surface area (Å²) in [5.41, 5.74) is 0.458. The zero-order chi connectivity index (χ0) is 14.4. The molecule has 0 spiro atoms. The van der Waals surface area contributed by atoms with Gasteiger partial charge in [-0.15, -0.1) is 0 Å². The molecule has 0 aromatic heterocycles. The van der Waals surface area contributed by atoms with E-state index in [1.54, 1.807) is 0 Å². The predicted octanol–water partition coefficient (Wildman–Crippen LogP) is 2.77. The van der Waals surface area contributed by atoms with E-state index in [0.29, 0.717) is 0 Å². The Morgan fingerprint density at radius 1 is 1.05 bits per heavy atom. The summed E-state index contributed by atoms with van der Waals surface area (Å²) in [6, 6.07) is 8.07. The molecule has 1 saturated heterocycles. The highest BCUT2D eigenvalue weighted by molar-refractivity contribution is 6.62. The second kappa shape index (κ2) is 4.78. The Balaban J connectivity index is 1.65. The molecule has 108 valence electrons. The largest absolute Gasteiger partial charge is 0.494 e. The Hall–Kier alpha value is -0.995. The van der Waals surface area contributed by atoms with Crippen molar-refractivity contribution in [3.05, 3.63) is 24.3 Å². The van der Waals surface area contributed by atoms with E-state index in [0.717, 1.165) is 23.7 Å². The van der Waals surface area contributed by atoms with Crippen LogP contribution in [0.3, 0.4) is 0 Å². The summed E-state index contributed by atoms with van der Waals surface area (Å²) in [4.78, 5) is 0. The molecule has 0 amide bonds. The second-order valence-corrected chi connectivity index (χ2v) is 6.91. The lowest BCUT2D eigenvalue weighted by Gasteiger charge is -2.32. The quantitative estimate of drug-likeness (QED) is 0.790. The summed E-state index contributed by atoms with van der Waals surface area (Å²) in [6.07, 6.45) is 2.62. The third kappa shape index (κ3) is 2.72. The molecular weight excluding hydrogens is 251 g/mol. The molecule has 4 heteroatoms. The molecule has 1 aliphatic carbocycles. The highest BCUT2D eigenvalue weighted by Crippen LogP contribution is 2.36. The number of rotatable bonds is 4. The van der Waals surface area contributed by atoms with Crippen LogP contribution in [0.4, 0.5) is 0 Å². The Labute approximate surface area is 121 Å². The smallest absolute Gasteiger partial charge is 0.493 e. The van der Waals surface area contributed by atoms with Gasteiger partial charge < -0.3 is 14.0 Å². The maximum absolute atomic E-state index is 6.04. The van der Waals surface area contributed by atoms with Gasteiger partial charge in [-0.3, -0.25) is 0 Å². The SMILES string of the molecule is CC1(C)OB(c2ccc(OCC3CC3)cc2)OC1(C)C. The van der Waals surface area contributed by atoms with Crippen LogP contribution in [0.15, 0.2) is 24.3 Å². The van der Waals surface area contributed by atoms with Crippen LogP contribution >= 0.6 is 0 Å². The number of benzene rings is 1. The van der Waals surface area contributed by atoms with Crippen molar-refractivity contribution in [3.8, 4) is 5.75 Å². The van der Waals surface area contributed by atoms with E-state index in [1.807, 2.05) is 24.3 Å².